The Bertz CT molecular complexity index is 991. The topological polar surface area (TPSA) is 66.9 Å². The first-order valence-electron chi connectivity index (χ1n) is 8.43. The summed E-state index contributed by atoms with van der Waals surface area (Å²) in [5, 5.41) is 5.58. The van der Waals surface area contributed by atoms with Gasteiger partial charge in [0.1, 0.15) is 29.0 Å². The Morgan fingerprint density at radius 1 is 1.04 bits per heavy atom. The number of carbonyl (C=O) groups excluding carboxylic acids is 1. The van der Waals surface area contributed by atoms with E-state index in [9.17, 15) is 13.6 Å². The molecule has 7 heteroatoms. The van der Waals surface area contributed by atoms with Crippen LogP contribution >= 0.6 is 0 Å². The predicted molar refractivity (Wildman–Crippen MR) is 100 cm³/mol. The number of benzene rings is 2. The van der Waals surface area contributed by atoms with Gasteiger partial charge in [-0.1, -0.05) is 25.1 Å². The quantitative estimate of drug-likeness (QED) is 0.689. The van der Waals surface area contributed by atoms with Crippen molar-refractivity contribution < 1.29 is 13.6 Å². The minimum atomic E-state index is -0.755. The normalized spacial score (nSPS) is 10.5. The molecule has 0 aliphatic carbocycles. The van der Waals surface area contributed by atoms with Crippen LogP contribution in [0.5, 0.6) is 0 Å². The summed E-state index contributed by atoms with van der Waals surface area (Å²) < 4.78 is 26.9. The van der Waals surface area contributed by atoms with Crippen molar-refractivity contribution in [3.8, 4) is 0 Å². The molecule has 3 aromatic rings. The molecule has 1 aromatic heterocycles. The molecule has 0 unspecified atom stereocenters. The van der Waals surface area contributed by atoms with Crippen LogP contribution in [0.4, 0.5) is 26.0 Å². The summed E-state index contributed by atoms with van der Waals surface area (Å²) in [6.45, 7) is 3.63. The van der Waals surface area contributed by atoms with E-state index in [1.807, 2.05) is 31.2 Å². The van der Waals surface area contributed by atoms with E-state index in [-0.39, 0.29) is 17.2 Å². The van der Waals surface area contributed by atoms with Crippen molar-refractivity contribution in [2.75, 3.05) is 10.6 Å². The summed E-state index contributed by atoms with van der Waals surface area (Å²) in [4.78, 5) is 20.9. The van der Waals surface area contributed by atoms with Gasteiger partial charge in [0.05, 0.1) is 5.69 Å². The summed E-state index contributed by atoms with van der Waals surface area (Å²) >= 11 is 0. The predicted octanol–water partition coefficient (Wildman–Crippen LogP) is 4.62. The lowest BCUT2D eigenvalue weighted by Crippen LogP contribution is -2.16. The molecule has 5 nitrogen and oxygen atoms in total. The second-order valence-corrected chi connectivity index (χ2v) is 5.90. The van der Waals surface area contributed by atoms with Crippen LogP contribution in [0.3, 0.4) is 0 Å². The van der Waals surface area contributed by atoms with Crippen molar-refractivity contribution in [2.45, 2.75) is 20.3 Å². The zero-order chi connectivity index (χ0) is 19.4. The van der Waals surface area contributed by atoms with Crippen LogP contribution in [0.25, 0.3) is 0 Å². The van der Waals surface area contributed by atoms with Crippen molar-refractivity contribution in [1.82, 2.24) is 9.97 Å². The van der Waals surface area contributed by atoms with Crippen LogP contribution < -0.4 is 10.6 Å². The molecule has 0 saturated heterocycles. The Labute approximate surface area is 155 Å². The van der Waals surface area contributed by atoms with Gasteiger partial charge in [0, 0.05) is 17.8 Å². The maximum absolute atomic E-state index is 13.8. The molecular weight excluding hydrogens is 350 g/mol. The van der Waals surface area contributed by atoms with Gasteiger partial charge in [-0.25, -0.2) is 18.7 Å². The minimum absolute atomic E-state index is 0.0530. The number of anilines is 3. The van der Waals surface area contributed by atoms with Crippen molar-refractivity contribution in [3.63, 3.8) is 0 Å². The lowest BCUT2D eigenvalue weighted by atomic mass is 10.1. The van der Waals surface area contributed by atoms with Gasteiger partial charge >= 0.3 is 0 Å². The smallest absolute Gasteiger partial charge is 0.274 e. The zero-order valence-corrected chi connectivity index (χ0v) is 14.9. The third-order valence-electron chi connectivity index (χ3n) is 3.91. The number of carbonyl (C=O) groups is 1. The third kappa shape index (κ3) is 4.44. The van der Waals surface area contributed by atoms with E-state index < -0.39 is 17.5 Å². The highest BCUT2D eigenvalue weighted by molar-refractivity contribution is 6.03. The first-order chi connectivity index (χ1) is 13.0. The van der Waals surface area contributed by atoms with E-state index in [4.69, 9.17) is 0 Å². The van der Waals surface area contributed by atoms with Gasteiger partial charge < -0.3 is 10.6 Å². The Kier molecular flexibility index (Phi) is 5.40. The summed E-state index contributed by atoms with van der Waals surface area (Å²) in [5.41, 5.74) is 1.90. The number of aryl methyl sites for hydroxylation is 2. The van der Waals surface area contributed by atoms with Gasteiger partial charge in [-0.15, -0.1) is 0 Å². The van der Waals surface area contributed by atoms with Gasteiger partial charge in [-0.2, -0.15) is 0 Å². The monoisotopic (exact) mass is 368 g/mol. The lowest BCUT2D eigenvalue weighted by Gasteiger charge is -2.11. The van der Waals surface area contributed by atoms with Crippen molar-refractivity contribution in [2.24, 2.45) is 0 Å². The largest absolute Gasteiger partial charge is 0.338 e. The van der Waals surface area contributed by atoms with E-state index in [1.165, 1.54) is 12.1 Å². The van der Waals surface area contributed by atoms with Crippen molar-refractivity contribution >= 4 is 23.1 Å². The highest BCUT2D eigenvalue weighted by Gasteiger charge is 2.13. The summed E-state index contributed by atoms with van der Waals surface area (Å²) in [5.74, 6) is -1.25. The van der Waals surface area contributed by atoms with Crippen molar-refractivity contribution in [1.29, 1.82) is 0 Å². The van der Waals surface area contributed by atoms with E-state index in [0.29, 0.717) is 11.5 Å². The Morgan fingerprint density at radius 3 is 2.56 bits per heavy atom. The molecule has 0 aliphatic rings. The number of para-hydroxylation sites is 1. The SMILES string of the molecule is CCc1ccccc1NC(=O)c1cc(Nc2ccc(F)cc2F)nc(C)n1. The fourth-order valence-electron chi connectivity index (χ4n) is 2.61. The molecule has 0 fully saturated rings. The summed E-state index contributed by atoms with van der Waals surface area (Å²) in [6.07, 6.45) is 0.774. The number of halogens is 2. The van der Waals surface area contributed by atoms with Crippen molar-refractivity contribution in [3.05, 3.63) is 77.2 Å². The standard InChI is InChI=1S/C20H18F2N4O/c1-3-13-6-4-5-7-16(13)26-20(27)18-11-19(24-12(2)23-18)25-17-9-8-14(21)10-15(17)22/h4-11H,3H2,1-2H3,(H,26,27)(H,23,24,25). The Morgan fingerprint density at radius 2 is 1.81 bits per heavy atom. The van der Waals surface area contributed by atoms with Crippen LogP contribution in [0.2, 0.25) is 0 Å². The van der Waals surface area contributed by atoms with Gasteiger partial charge in [-0.3, -0.25) is 4.79 Å². The minimum Gasteiger partial charge on any atom is -0.338 e. The number of hydrogen-bond donors (Lipinski definition) is 2. The number of hydrogen-bond acceptors (Lipinski definition) is 4. The molecule has 0 saturated carbocycles. The first-order valence-corrected chi connectivity index (χ1v) is 8.43. The molecule has 0 atom stereocenters. The number of aromatic nitrogens is 2. The fourth-order valence-corrected chi connectivity index (χ4v) is 2.61. The second-order valence-electron chi connectivity index (χ2n) is 5.90. The Balaban J connectivity index is 1.85. The van der Waals surface area contributed by atoms with Crippen LogP contribution in [-0.4, -0.2) is 15.9 Å². The average Bonchev–Trinajstić information content (AvgIpc) is 2.64. The maximum Gasteiger partial charge on any atom is 0.274 e. The summed E-state index contributed by atoms with van der Waals surface area (Å²) in [6, 6.07) is 12.1. The van der Waals surface area contributed by atoms with Crippen LogP contribution in [-0.2, 0) is 6.42 Å². The highest BCUT2D eigenvalue weighted by Crippen LogP contribution is 2.21. The van der Waals surface area contributed by atoms with Crippen LogP contribution in [0.1, 0.15) is 28.8 Å². The summed E-state index contributed by atoms with van der Waals surface area (Å²) in [7, 11) is 0. The van der Waals surface area contributed by atoms with Gasteiger partial charge in [0.25, 0.3) is 5.91 Å². The number of amides is 1. The molecule has 2 aromatic carbocycles. The molecule has 138 valence electrons. The first kappa shape index (κ1) is 18.4. The molecule has 1 amide bonds. The van der Waals surface area contributed by atoms with E-state index in [0.717, 1.165) is 24.1 Å². The van der Waals surface area contributed by atoms with E-state index in [2.05, 4.69) is 20.6 Å². The van der Waals surface area contributed by atoms with Crippen LogP contribution in [0.15, 0.2) is 48.5 Å². The Hall–Kier alpha value is -3.35. The molecule has 0 spiro atoms. The third-order valence-corrected chi connectivity index (χ3v) is 3.91. The average molecular weight is 368 g/mol. The van der Waals surface area contributed by atoms with Gasteiger partial charge in [0.2, 0.25) is 0 Å². The lowest BCUT2D eigenvalue weighted by molar-refractivity contribution is 0.102. The van der Waals surface area contributed by atoms with E-state index in [1.54, 1.807) is 6.92 Å². The number of rotatable bonds is 5. The van der Waals surface area contributed by atoms with Gasteiger partial charge in [0.15, 0.2) is 0 Å². The number of nitrogens with one attached hydrogen (secondary N) is 2. The second kappa shape index (κ2) is 7.90. The molecule has 27 heavy (non-hydrogen) atoms. The van der Waals surface area contributed by atoms with Gasteiger partial charge in [-0.05, 0) is 37.1 Å². The highest BCUT2D eigenvalue weighted by atomic mass is 19.1. The molecule has 2 N–H and O–H groups in total. The molecule has 0 radical (unpaired) electrons. The molecule has 3 rings (SSSR count). The van der Waals surface area contributed by atoms with Crippen LogP contribution in [0, 0.1) is 18.6 Å². The molecule has 1 heterocycles. The fraction of sp³-hybridized carbons (Fsp3) is 0.150. The molecule has 0 aliphatic heterocycles. The number of nitrogens with zero attached hydrogens (tertiary/aromatic N) is 2. The maximum atomic E-state index is 13.8. The zero-order valence-electron chi connectivity index (χ0n) is 14.9. The molecule has 0 bridgehead atoms. The molecular formula is C20H18F2N4O. The van der Waals surface area contributed by atoms with E-state index >= 15 is 0 Å².